The van der Waals surface area contributed by atoms with Crippen molar-refractivity contribution in [2.45, 2.75) is 63.3 Å². The number of fused-ring (bicyclic) bond motifs is 2. The van der Waals surface area contributed by atoms with Crippen molar-refractivity contribution in [3.8, 4) is 5.75 Å². The number of amides is 2. The van der Waals surface area contributed by atoms with Gasteiger partial charge >= 0.3 is 0 Å². The highest BCUT2D eigenvalue weighted by Gasteiger charge is 2.44. The quantitative estimate of drug-likeness (QED) is 0.288. The topological polar surface area (TPSA) is 99.1 Å². The van der Waals surface area contributed by atoms with Gasteiger partial charge in [-0.15, -0.1) is 0 Å². The van der Waals surface area contributed by atoms with E-state index in [0.717, 1.165) is 9.99 Å². The van der Waals surface area contributed by atoms with Crippen molar-refractivity contribution in [1.29, 1.82) is 0 Å². The molecule has 220 valence electrons. The summed E-state index contributed by atoms with van der Waals surface area (Å²) in [6.45, 7) is 0.0632. The molecule has 7 nitrogen and oxygen atoms in total. The Morgan fingerprint density at radius 2 is 1.93 bits per heavy atom. The molecule has 0 spiro atoms. The fourth-order valence-electron chi connectivity index (χ4n) is 6.66. The number of hydrogen-bond donors (Lipinski definition) is 3. The number of carbonyl (C=O) groups excluding carboxylic acids is 2. The van der Waals surface area contributed by atoms with Gasteiger partial charge in [0, 0.05) is 41.5 Å². The molecule has 0 aliphatic heterocycles. The average molecular weight is 713 g/mol. The van der Waals surface area contributed by atoms with Crippen molar-refractivity contribution in [1.82, 2.24) is 10.2 Å². The van der Waals surface area contributed by atoms with E-state index in [9.17, 15) is 19.8 Å². The van der Waals surface area contributed by atoms with E-state index in [-0.39, 0.29) is 37.9 Å². The van der Waals surface area contributed by atoms with Gasteiger partial charge in [-0.05, 0) is 95.5 Å². The summed E-state index contributed by atoms with van der Waals surface area (Å²) in [6, 6.07) is 11.9. The highest BCUT2D eigenvalue weighted by molar-refractivity contribution is 14.1. The highest BCUT2D eigenvalue weighted by atomic mass is 127. The van der Waals surface area contributed by atoms with Gasteiger partial charge in [-0.2, -0.15) is 0 Å². The number of benzene rings is 2. The number of aliphatic hydroxyl groups is 2. The normalized spacial score (nSPS) is 26.9. The van der Waals surface area contributed by atoms with Crippen LogP contribution in [0.3, 0.4) is 0 Å². The molecule has 0 heterocycles. The first kappa shape index (κ1) is 30.6. The van der Waals surface area contributed by atoms with Crippen LogP contribution in [-0.2, 0) is 16.1 Å². The molecule has 2 amide bonds. The van der Waals surface area contributed by atoms with Crippen LogP contribution in [0.4, 0.5) is 0 Å². The minimum absolute atomic E-state index is 0.0670. The summed E-state index contributed by atoms with van der Waals surface area (Å²) in [4.78, 5) is 28.9. The van der Waals surface area contributed by atoms with Gasteiger partial charge in [0.15, 0.2) is 0 Å². The molecule has 2 aromatic rings. The monoisotopic (exact) mass is 712 g/mol. The van der Waals surface area contributed by atoms with Gasteiger partial charge in [-0.1, -0.05) is 47.8 Å². The maximum atomic E-state index is 14.1. The van der Waals surface area contributed by atoms with E-state index in [2.05, 4.69) is 27.9 Å². The van der Waals surface area contributed by atoms with Crippen molar-refractivity contribution >= 4 is 57.6 Å². The number of rotatable bonds is 10. The van der Waals surface area contributed by atoms with Gasteiger partial charge in [0.25, 0.3) is 0 Å². The smallest absolute Gasteiger partial charge is 0.247 e. The molecule has 2 aromatic carbocycles. The van der Waals surface area contributed by atoms with Gasteiger partial charge < -0.3 is 25.2 Å². The fourth-order valence-corrected chi connectivity index (χ4v) is 7.64. The number of nitrogens with one attached hydrogen (secondary N) is 1. The van der Waals surface area contributed by atoms with Crippen LogP contribution >= 0.6 is 45.8 Å². The first-order chi connectivity index (χ1) is 19.7. The van der Waals surface area contributed by atoms with Gasteiger partial charge in [0.2, 0.25) is 11.8 Å². The van der Waals surface area contributed by atoms with E-state index in [1.165, 1.54) is 19.3 Å². The van der Waals surface area contributed by atoms with Crippen LogP contribution in [0.2, 0.25) is 10.0 Å². The van der Waals surface area contributed by atoms with Crippen LogP contribution in [0.1, 0.15) is 44.1 Å². The van der Waals surface area contributed by atoms with Gasteiger partial charge in [0.1, 0.15) is 18.0 Å². The summed E-state index contributed by atoms with van der Waals surface area (Å²) >= 11 is 14.9. The van der Waals surface area contributed by atoms with E-state index in [4.69, 9.17) is 27.9 Å². The molecule has 2 saturated carbocycles. The maximum absolute atomic E-state index is 14.1. The molecule has 3 aliphatic rings. The lowest BCUT2D eigenvalue weighted by Gasteiger charge is -2.41. The third kappa shape index (κ3) is 7.21. The van der Waals surface area contributed by atoms with E-state index in [1.807, 2.05) is 24.3 Å². The van der Waals surface area contributed by atoms with Crippen LogP contribution in [0, 0.1) is 21.3 Å². The van der Waals surface area contributed by atoms with Gasteiger partial charge in [-0.25, -0.2) is 0 Å². The molecule has 3 aliphatic carbocycles. The Kier molecular flexibility index (Phi) is 10.2. The Bertz CT molecular complexity index is 1310. The molecule has 2 fully saturated rings. The summed E-state index contributed by atoms with van der Waals surface area (Å²) in [6.07, 6.45) is 4.85. The minimum atomic E-state index is -1.10. The number of hydrogen-bond acceptors (Lipinski definition) is 5. The maximum Gasteiger partial charge on any atom is 0.247 e. The lowest BCUT2D eigenvalue weighted by Crippen LogP contribution is -2.55. The second-order valence-corrected chi connectivity index (χ2v) is 13.3. The number of carbonyl (C=O) groups is 2. The summed E-state index contributed by atoms with van der Waals surface area (Å²) < 4.78 is 7.12. The molecule has 10 heteroatoms. The van der Waals surface area contributed by atoms with Crippen molar-refractivity contribution in [3.63, 3.8) is 0 Å². The SMILES string of the molecule is O=C(NCCO)C1=CC(Oc2ccccc2I)C(O)C(N(Cc2ccc(Cl)cc2Cl)C(=O)CC2CC3CCC2C3)C1. The summed E-state index contributed by atoms with van der Waals surface area (Å²) in [5, 5.41) is 24.6. The third-order valence-electron chi connectivity index (χ3n) is 8.71. The van der Waals surface area contributed by atoms with Gasteiger partial charge in [0.05, 0.1) is 16.2 Å². The highest BCUT2D eigenvalue weighted by Crippen LogP contribution is 2.50. The molecule has 6 unspecified atom stereocenters. The van der Waals surface area contributed by atoms with Crippen LogP contribution in [0.5, 0.6) is 5.75 Å². The van der Waals surface area contributed by atoms with Crippen LogP contribution in [0.25, 0.3) is 0 Å². The Balaban J connectivity index is 1.47. The van der Waals surface area contributed by atoms with E-state index in [1.54, 1.807) is 29.2 Å². The molecule has 41 heavy (non-hydrogen) atoms. The molecule has 6 atom stereocenters. The van der Waals surface area contributed by atoms with E-state index in [0.29, 0.717) is 51.1 Å². The predicted octanol–water partition coefficient (Wildman–Crippen LogP) is 5.37. The standard InChI is InChI=1S/C31H35Cl2IN2O5/c32-23-8-7-20(24(33)16-23)17-36(29(38)15-21-12-18-5-6-19(21)11-18)26-13-22(31(40)35-9-10-37)14-28(30(26)39)41-27-4-2-1-3-25(27)34/h1-4,7-8,14,16,18-19,21,26,28,30,37,39H,5-6,9-13,15,17H2,(H,35,40). The summed E-state index contributed by atoms with van der Waals surface area (Å²) in [7, 11) is 0. The van der Waals surface area contributed by atoms with E-state index >= 15 is 0 Å². The average Bonchev–Trinajstić information content (AvgIpc) is 3.57. The number of nitrogens with zero attached hydrogens (tertiary/aromatic N) is 1. The zero-order chi connectivity index (χ0) is 29.1. The number of aliphatic hydroxyl groups excluding tert-OH is 2. The predicted molar refractivity (Wildman–Crippen MR) is 167 cm³/mol. The minimum Gasteiger partial charge on any atom is -0.482 e. The second-order valence-electron chi connectivity index (χ2n) is 11.3. The molecule has 5 rings (SSSR count). The Labute approximate surface area is 264 Å². The van der Waals surface area contributed by atoms with E-state index < -0.39 is 18.2 Å². The fraction of sp³-hybridized carbons (Fsp3) is 0.484. The largest absolute Gasteiger partial charge is 0.482 e. The molecule has 3 N–H and O–H groups in total. The Hall–Kier alpha value is -1.85. The third-order valence-corrected chi connectivity index (χ3v) is 10.2. The number of para-hydroxylation sites is 1. The zero-order valence-corrected chi connectivity index (χ0v) is 26.3. The molecule has 0 radical (unpaired) electrons. The van der Waals surface area contributed by atoms with Crippen molar-refractivity contribution in [2.75, 3.05) is 13.2 Å². The van der Waals surface area contributed by atoms with Crippen LogP contribution < -0.4 is 10.1 Å². The van der Waals surface area contributed by atoms with Gasteiger partial charge in [-0.3, -0.25) is 9.59 Å². The first-order valence-corrected chi connectivity index (χ1v) is 16.0. The van der Waals surface area contributed by atoms with Crippen molar-refractivity contribution < 1.29 is 24.5 Å². The molecular weight excluding hydrogens is 678 g/mol. The lowest BCUT2D eigenvalue weighted by molar-refractivity contribution is -0.141. The van der Waals surface area contributed by atoms with Crippen LogP contribution in [0.15, 0.2) is 54.1 Å². The van der Waals surface area contributed by atoms with Crippen LogP contribution in [-0.4, -0.2) is 58.3 Å². The number of halogens is 3. The molecule has 2 bridgehead atoms. The Morgan fingerprint density at radius 1 is 1.12 bits per heavy atom. The molecule has 0 saturated heterocycles. The first-order valence-electron chi connectivity index (χ1n) is 14.2. The lowest BCUT2D eigenvalue weighted by atomic mass is 9.84. The Morgan fingerprint density at radius 3 is 2.61 bits per heavy atom. The number of ether oxygens (including phenoxy) is 1. The van der Waals surface area contributed by atoms with Crippen molar-refractivity contribution in [3.05, 3.63) is 73.3 Å². The summed E-state index contributed by atoms with van der Waals surface area (Å²) in [5.74, 6) is 1.74. The van der Waals surface area contributed by atoms with Crippen molar-refractivity contribution in [2.24, 2.45) is 17.8 Å². The molecular formula is C31H35Cl2IN2O5. The summed E-state index contributed by atoms with van der Waals surface area (Å²) in [5.41, 5.74) is 1.10. The molecule has 0 aromatic heterocycles. The zero-order valence-electron chi connectivity index (χ0n) is 22.6. The second kappa shape index (κ2) is 13.6.